The summed E-state index contributed by atoms with van der Waals surface area (Å²) in [7, 11) is -3.52. The largest absolute Gasteiger partial charge is 0.452 e. The van der Waals surface area contributed by atoms with Crippen LogP contribution in [-0.2, 0) is 25.9 Å². The summed E-state index contributed by atoms with van der Waals surface area (Å²) in [6, 6.07) is 9.63. The second kappa shape index (κ2) is 13.2. The van der Waals surface area contributed by atoms with Crippen LogP contribution >= 0.6 is 0 Å². The van der Waals surface area contributed by atoms with Crippen molar-refractivity contribution in [2.75, 3.05) is 25.7 Å². The summed E-state index contributed by atoms with van der Waals surface area (Å²) in [5.74, 6) is -3.78. The van der Waals surface area contributed by atoms with Crippen LogP contribution in [0.2, 0.25) is 25.7 Å². The Labute approximate surface area is 264 Å². The number of nitrogens with zero attached hydrogens (tertiary/aromatic N) is 4. The van der Waals surface area contributed by atoms with Crippen LogP contribution in [0.15, 0.2) is 40.8 Å². The average molecular weight is 665 g/mol. The fraction of sp³-hybridized carbons (Fsp3) is 0.562. The minimum atomic E-state index is -3.21. The first kappa shape index (κ1) is 33.6. The van der Waals surface area contributed by atoms with Gasteiger partial charge < -0.3 is 14.2 Å². The number of hydrogen-bond donors (Lipinski definition) is 0. The van der Waals surface area contributed by atoms with E-state index in [-0.39, 0.29) is 43.2 Å². The molecule has 0 radical (unpaired) electrons. The summed E-state index contributed by atoms with van der Waals surface area (Å²) in [5.41, 5.74) is 3.31. The molecule has 246 valence electrons. The SMILES string of the molecule is CC[C@H]1OC[C@@H](Oc2nc3nc(-c4ccc(C5=CCC(N=S(C)(C)=O)CC5)cc4)c(F)cc3n2COCC[Si](C)(C)C)C1(F)F. The third-order valence-electron chi connectivity index (χ3n) is 8.12. The number of alkyl halides is 2. The number of allylic oxidation sites excluding steroid dienone is 1. The van der Waals surface area contributed by atoms with Crippen molar-refractivity contribution in [1.29, 1.82) is 0 Å². The molecule has 1 fully saturated rings. The number of pyridine rings is 1. The van der Waals surface area contributed by atoms with Crippen LogP contribution in [0, 0.1) is 5.82 Å². The fourth-order valence-corrected chi connectivity index (χ4v) is 7.26. The molecule has 0 saturated carbocycles. The highest BCUT2D eigenvalue weighted by Gasteiger charge is 2.55. The summed E-state index contributed by atoms with van der Waals surface area (Å²) in [5, 5.41) is 0. The Kier molecular flexibility index (Phi) is 9.84. The Bertz CT molecular complexity index is 1670. The molecule has 0 amide bonds. The first-order valence-corrected chi connectivity index (χ1v) is 21.4. The van der Waals surface area contributed by atoms with E-state index in [4.69, 9.17) is 14.2 Å². The van der Waals surface area contributed by atoms with E-state index in [0.717, 1.165) is 30.9 Å². The molecule has 3 atom stereocenters. The molecule has 3 heterocycles. The van der Waals surface area contributed by atoms with Crippen molar-refractivity contribution in [3.05, 3.63) is 47.8 Å². The lowest BCUT2D eigenvalue weighted by atomic mass is 9.90. The van der Waals surface area contributed by atoms with Gasteiger partial charge in [0.25, 0.3) is 0 Å². The standard InChI is InChI=1S/C32H43F3N4O4SSi/c1-7-27-32(34,35)28(19-42-27)43-31-37-30-26(39(31)20-41-16-17-45(4,5)6)18-25(33)29(36-30)23-10-8-21(9-11-23)22-12-14-24(15-13-22)38-44(2,3)40/h8-12,18,24,27-28H,7,13-17,19-20H2,1-6H3/t24?,27-,28-/m1/s1. The third-order valence-corrected chi connectivity index (χ3v) is 10.6. The topological polar surface area (TPSA) is 87.8 Å². The maximum Gasteiger partial charge on any atom is 0.311 e. The maximum atomic E-state index is 15.6. The second-order valence-corrected chi connectivity index (χ2v) is 21.6. The molecule has 13 heteroatoms. The van der Waals surface area contributed by atoms with Crippen LogP contribution in [0.25, 0.3) is 28.0 Å². The molecule has 1 saturated heterocycles. The minimum Gasteiger partial charge on any atom is -0.452 e. The maximum absolute atomic E-state index is 15.6. The number of aromatic nitrogens is 3. The van der Waals surface area contributed by atoms with E-state index in [1.165, 1.54) is 16.2 Å². The molecule has 1 aliphatic heterocycles. The molecule has 8 nitrogen and oxygen atoms in total. The van der Waals surface area contributed by atoms with Crippen LogP contribution in [0.4, 0.5) is 13.2 Å². The molecule has 2 aromatic heterocycles. The predicted molar refractivity (Wildman–Crippen MR) is 174 cm³/mol. The lowest BCUT2D eigenvalue weighted by Crippen LogP contribution is -2.41. The monoisotopic (exact) mass is 664 g/mol. The van der Waals surface area contributed by atoms with Crippen molar-refractivity contribution in [2.45, 2.75) is 89.2 Å². The van der Waals surface area contributed by atoms with Crippen molar-refractivity contribution in [1.82, 2.24) is 14.5 Å². The van der Waals surface area contributed by atoms with Crippen LogP contribution in [0.5, 0.6) is 6.01 Å². The van der Waals surface area contributed by atoms with E-state index in [9.17, 15) is 13.0 Å². The van der Waals surface area contributed by atoms with Gasteiger partial charge in [-0.3, -0.25) is 8.78 Å². The molecular weight excluding hydrogens is 622 g/mol. The highest BCUT2D eigenvalue weighted by molar-refractivity contribution is 7.92. The predicted octanol–water partition coefficient (Wildman–Crippen LogP) is 7.40. The smallest absolute Gasteiger partial charge is 0.311 e. The van der Waals surface area contributed by atoms with E-state index >= 15 is 4.39 Å². The minimum absolute atomic E-state index is 0.0430. The Balaban J connectivity index is 1.41. The van der Waals surface area contributed by atoms with E-state index in [2.05, 4.69) is 40.0 Å². The highest BCUT2D eigenvalue weighted by Crippen LogP contribution is 2.37. The molecule has 1 aliphatic carbocycles. The summed E-state index contributed by atoms with van der Waals surface area (Å²) in [6.45, 7) is 8.47. The van der Waals surface area contributed by atoms with Crippen LogP contribution in [0.3, 0.4) is 0 Å². The highest BCUT2D eigenvalue weighted by atomic mass is 32.2. The molecule has 0 bridgehead atoms. The van der Waals surface area contributed by atoms with Gasteiger partial charge in [-0.2, -0.15) is 13.8 Å². The molecule has 1 aromatic carbocycles. The lowest BCUT2D eigenvalue weighted by molar-refractivity contribution is -0.107. The number of hydrogen-bond acceptors (Lipinski definition) is 7. The summed E-state index contributed by atoms with van der Waals surface area (Å²) in [6.07, 6.45) is 5.17. The summed E-state index contributed by atoms with van der Waals surface area (Å²) in [4.78, 5) is 8.95. The summed E-state index contributed by atoms with van der Waals surface area (Å²) < 4.78 is 80.5. The average Bonchev–Trinajstić information content (AvgIpc) is 3.44. The van der Waals surface area contributed by atoms with Gasteiger partial charge in [-0.25, -0.2) is 13.7 Å². The van der Waals surface area contributed by atoms with Gasteiger partial charge in [0.2, 0.25) is 0 Å². The zero-order valence-electron chi connectivity index (χ0n) is 26.8. The van der Waals surface area contributed by atoms with Gasteiger partial charge in [0.15, 0.2) is 17.6 Å². The van der Waals surface area contributed by atoms with Gasteiger partial charge in [-0.05, 0) is 42.9 Å². The number of fused-ring (bicyclic) bond motifs is 1. The first-order valence-electron chi connectivity index (χ1n) is 15.4. The van der Waals surface area contributed by atoms with Gasteiger partial charge in [-0.1, -0.05) is 56.9 Å². The Morgan fingerprint density at radius 3 is 2.47 bits per heavy atom. The molecule has 45 heavy (non-hydrogen) atoms. The quantitative estimate of drug-likeness (QED) is 0.157. The van der Waals surface area contributed by atoms with Gasteiger partial charge >= 0.3 is 11.9 Å². The van der Waals surface area contributed by atoms with Crippen molar-refractivity contribution in [3.63, 3.8) is 0 Å². The zero-order valence-corrected chi connectivity index (χ0v) is 28.6. The molecule has 0 N–H and O–H groups in total. The third kappa shape index (κ3) is 7.98. The zero-order chi connectivity index (χ0) is 32.6. The first-order chi connectivity index (χ1) is 21.1. The van der Waals surface area contributed by atoms with Gasteiger partial charge in [-0.15, -0.1) is 0 Å². The number of ether oxygens (including phenoxy) is 3. The van der Waals surface area contributed by atoms with E-state index in [1.54, 1.807) is 19.4 Å². The Morgan fingerprint density at radius 1 is 1.16 bits per heavy atom. The van der Waals surface area contributed by atoms with Gasteiger partial charge in [0.1, 0.15) is 18.5 Å². The van der Waals surface area contributed by atoms with Crippen molar-refractivity contribution >= 4 is 34.5 Å². The van der Waals surface area contributed by atoms with Crippen molar-refractivity contribution < 1.29 is 31.6 Å². The number of halogens is 3. The molecule has 2 aliphatic rings. The van der Waals surface area contributed by atoms with E-state index in [0.29, 0.717) is 17.7 Å². The molecular formula is C32H43F3N4O4SSi. The number of rotatable bonds is 11. The molecule has 5 rings (SSSR count). The summed E-state index contributed by atoms with van der Waals surface area (Å²) >= 11 is 0. The second-order valence-electron chi connectivity index (χ2n) is 13.4. The van der Waals surface area contributed by atoms with E-state index < -0.39 is 41.8 Å². The molecule has 1 unspecified atom stereocenters. The fourth-order valence-electron chi connectivity index (χ4n) is 5.60. The normalized spacial score (nSPS) is 22.1. The Hall–Kier alpha value is -2.74. The van der Waals surface area contributed by atoms with Crippen LogP contribution in [0.1, 0.15) is 38.2 Å². The van der Waals surface area contributed by atoms with Gasteiger partial charge in [0, 0.05) is 48.6 Å². The lowest BCUT2D eigenvalue weighted by Gasteiger charge is -2.22. The van der Waals surface area contributed by atoms with E-state index in [1.807, 2.05) is 24.3 Å². The molecule has 3 aromatic rings. The van der Waals surface area contributed by atoms with Crippen LogP contribution in [-0.4, -0.2) is 76.7 Å². The number of imidazole rings is 1. The van der Waals surface area contributed by atoms with Crippen molar-refractivity contribution in [3.8, 4) is 17.3 Å². The Morgan fingerprint density at radius 2 is 1.87 bits per heavy atom. The van der Waals surface area contributed by atoms with Crippen molar-refractivity contribution in [2.24, 2.45) is 4.36 Å². The van der Waals surface area contributed by atoms with Crippen LogP contribution < -0.4 is 4.74 Å². The van der Waals surface area contributed by atoms with Gasteiger partial charge in [0.05, 0.1) is 18.2 Å². The molecule has 0 spiro atoms. The number of benzene rings is 1.